The first-order valence-corrected chi connectivity index (χ1v) is 5.27. The van der Waals surface area contributed by atoms with Gasteiger partial charge < -0.3 is 5.73 Å². The van der Waals surface area contributed by atoms with Crippen LogP contribution in [-0.4, -0.2) is 4.98 Å². The topological polar surface area (TPSA) is 38.9 Å². The molecule has 0 spiro atoms. The van der Waals surface area contributed by atoms with Gasteiger partial charge in [-0.2, -0.15) is 0 Å². The van der Waals surface area contributed by atoms with Crippen LogP contribution in [0.25, 0.3) is 0 Å². The highest BCUT2D eigenvalue weighted by Gasteiger charge is 2.08. The molecule has 0 saturated carbocycles. The van der Waals surface area contributed by atoms with Crippen LogP contribution in [0.4, 0.5) is 0 Å². The van der Waals surface area contributed by atoms with Gasteiger partial charge in [-0.25, -0.2) is 0 Å². The van der Waals surface area contributed by atoms with Crippen LogP contribution in [0, 0.1) is 12.8 Å². The summed E-state index contributed by atoms with van der Waals surface area (Å²) in [6.45, 7) is 6.52. The number of rotatable bonds is 4. The molecule has 0 aliphatic rings. The molecule has 0 amide bonds. The van der Waals surface area contributed by atoms with Crippen molar-refractivity contribution in [3.05, 3.63) is 29.6 Å². The molecule has 78 valence electrons. The molecule has 2 nitrogen and oxygen atoms in total. The third-order valence-corrected chi connectivity index (χ3v) is 2.52. The van der Waals surface area contributed by atoms with E-state index in [2.05, 4.69) is 25.8 Å². The van der Waals surface area contributed by atoms with Gasteiger partial charge >= 0.3 is 0 Å². The number of aryl methyl sites for hydroxylation is 1. The van der Waals surface area contributed by atoms with E-state index in [0.717, 1.165) is 12.3 Å². The highest BCUT2D eigenvalue weighted by Crippen LogP contribution is 2.20. The Morgan fingerprint density at radius 1 is 1.36 bits per heavy atom. The van der Waals surface area contributed by atoms with Gasteiger partial charge in [0, 0.05) is 18.4 Å². The van der Waals surface area contributed by atoms with Crippen LogP contribution in [-0.2, 0) is 0 Å². The highest BCUT2D eigenvalue weighted by molar-refractivity contribution is 5.24. The third-order valence-electron chi connectivity index (χ3n) is 2.52. The van der Waals surface area contributed by atoms with E-state index < -0.39 is 0 Å². The Morgan fingerprint density at radius 3 is 2.64 bits per heavy atom. The van der Waals surface area contributed by atoms with Crippen LogP contribution < -0.4 is 5.73 Å². The maximum Gasteiger partial charge on any atom is 0.0300 e. The molecule has 1 rings (SSSR count). The van der Waals surface area contributed by atoms with E-state index in [0.29, 0.717) is 0 Å². The van der Waals surface area contributed by atoms with Crippen molar-refractivity contribution in [2.24, 2.45) is 11.7 Å². The summed E-state index contributed by atoms with van der Waals surface area (Å²) in [5.74, 6) is 0.725. The Labute approximate surface area is 86.5 Å². The van der Waals surface area contributed by atoms with Crippen molar-refractivity contribution >= 4 is 0 Å². The molecule has 0 saturated heterocycles. The lowest BCUT2D eigenvalue weighted by Crippen LogP contribution is -2.12. The standard InChI is InChI=1S/C12H20N2/c1-9(2)4-5-12(13)11-6-7-14-8-10(11)3/h6-9,12H,4-5,13H2,1-3H3. The van der Waals surface area contributed by atoms with Gasteiger partial charge in [-0.1, -0.05) is 13.8 Å². The second-order valence-corrected chi connectivity index (χ2v) is 4.31. The zero-order valence-corrected chi connectivity index (χ0v) is 9.33. The second kappa shape index (κ2) is 5.11. The molecule has 1 heterocycles. The fourth-order valence-electron chi connectivity index (χ4n) is 1.57. The molecule has 0 bridgehead atoms. The molecule has 0 fully saturated rings. The first kappa shape index (κ1) is 11.2. The number of nitrogens with zero attached hydrogens (tertiary/aromatic N) is 1. The average molecular weight is 192 g/mol. The molecule has 0 aromatic carbocycles. The summed E-state index contributed by atoms with van der Waals surface area (Å²) in [5.41, 5.74) is 8.55. The zero-order valence-electron chi connectivity index (χ0n) is 9.33. The maximum absolute atomic E-state index is 6.12. The van der Waals surface area contributed by atoms with Crippen LogP contribution in [0.5, 0.6) is 0 Å². The third kappa shape index (κ3) is 3.11. The molecule has 0 aliphatic carbocycles. The molecule has 1 atom stereocenters. The summed E-state index contributed by atoms with van der Waals surface area (Å²) in [6.07, 6.45) is 5.94. The number of aromatic nitrogens is 1. The molecule has 0 aliphatic heterocycles. The fourth-order valence-corrected chi connectivity index (χ4v) is 1.57. The van der Waals surface area contributed by atoms with Gasteiger partial charge in [0.25, 0.3) is 0 Å². The van der Waals surface area contributed by atoms with E-state index in [9.17, 15) is 0 Å². The number of pyridine rings is 1. The normalized spacial score (nSPS) is 13.2. The van der Waals surface area contributed by atoms with Crippen molar-refractivity contribution in [2.75, 3.05) is 0 Å². The summed E-state index contributed by atoms with van der Waals surface area (Å²) in [7, 11) is 0. The van der Waals surface area contributed by atoms with Crippen molar-refractivity contribution < 1.29 is 0 Å². The van der Waals surface area contributed by atoms with E-state index in [4.69, 9.17) is 5.73 Å². The summed E-state index contributed by atoms with van der Waals surface area (Å²) >= 11 is 0. The van der Waals surface area contributed by atoms with Crippen LogP contribution in [0.15, 0.2) is 18.5 Å². The molecule has 1 aromatic heterocycles. The number of hydrogen-bond donors (Lipinski definition) is 1. The van der Waals surface area contributed by atoms with Crippen molar-refractivity contribution in [1.29, 1.82) is 0 Å². The second-order valence-electron chi connectivity index (χ2n) is 4.31. The smallest absolute Gasteiger partial charge is 0.0300 e. The van der Waals surface area contributed by atoms with Crippen LogP contribution in [0.1, 0.15) is 43.9 Å². The number of hydrogen-bond acceptors (Lipinski definition) is 2. The van der Waals surface area contributed by atoms with Gasteiger partial charge in [-0.3, -0.25) is 4.98 Å². The summed E-state index contributed by atoms with van der Waals surface area (Å²) < 4.78 is 0. The summed E-state index contributed by atoms with van der Waals surface area (Å²) in [6, 6.07) is 2.20. The van der Waals surface area contributed by atoms with Crippen molar-refractivity contribution in [2.45, 2.75) is 39.7 Å². The highest BCUT2D eigenvalue weighted by atomic mass is 14.7. The Balaban J connectivity index is 2.60. The SMILES string of the molecule is Cc1cnccc1C(N)CCC(C)C. The van der Waals surface area contributed by atoms with Gasteiger partial charge in [0.15, 0.2) is 0 Å². The van der Waals surface area contributed by atoms with E-state index in [1.54, 1.807) is 0 Å². The van der Waals surface area contributed by atoms with Crippen LogP contribution >= 0.6 is 0 Å². The molecular weight excluding hydrogens is 172 g/mol. The minimum absolute atomic E-state index is 0.167. The van der Waals surface area contributed by atoms with Gasteiger partial charge in [0.1, 0.15) is 0 Å². The molecule has 1 unspecified atom stereocenters. The summed E-state index contributed by atoms with van der Waals surface area (Å²) in [5, 5.41) is 0. The molecule has 2 heteroatoms. The van der Waals surface area contributed by atoms with Gasteiger partial charge in [0.2, 0.25) is 0 Å². The van der Waals surface area contributed by atoms with E-state index in [-0.39, 0.29) is 6.04 Å². The predicted octanol–water partition coefficient (Wildman–Crippen LogP) is 2.83. The van der Waals surface area contributed by atoms with E-state index >= 15 is 0 Å². The quantitative estimate of drug-likeness (QED) is 0.796. The first-order valence-electron chi connectivity index (χ1n) is 5.27. The Morgan fingerprint density at radius 2 is 2.07 bits per heavy atom. The Hall–Kier alpha value is -0.890. The van der Waals surface area contributed by atoms with Crippen LogP contribution in [0.2, 0.25) is 0 Å². The lowest BCUT2D eigenvalue weighted by atomic mass is 9.97. The number of nitrogens with two attached hydrogens (primary N) is 1. The van der Waals surface area contributed by atoms with Crippen LogP contribution in [0.3, 0.4) is 0 Å². The summed E-state index contributed by atoms with van der Waals surface area (Å²) in [4.78, 5) is 4.07. The van der Waals surface area contributed by atoms with E-state index in [1.165, 1.54) is 17.5 Å². The van der Waals surface area contributed by atoms with Crippen molar-refractivity contribution in [1.82, 2.24) is 4.98 Å². The predicted molar refractivity (Wildman–Crippen MR) is 60.0 cm³/mol. The van der Waals surface area contributed by atoms with E-state index in [1.807, 2.05) is 18.5 Å². The minimum atomic E-state index is 0.167. The lowest BCUT2D eigenvalue weighted by molar-refractivity contribution is 0.506. The molecular formula is C12H20N2. The lowest BCUT2D eigenvalue weighted by Gasteiger charge is -2.15. The van der Waals surface area contributed by atoms with Crippen molar-refractivity contribution in [3.8, 4) is 0 Å². The molecule has 14 heavy (non-hydrogen) atoms. The Kier molecular flexibility index (Phi) is 4.08. The average Bonchev–Trinajstić information content (AvgIpc) is 2.15. The monoisotopic (exact) mass is 192 g/mol. The maximum atomic E-state index is 6.12. The first-order chi connectivity index (χ1) is 6.61. The minimum Gasteiger partial charge on any atom is -0.324 e. The zero-order chi connectivity index (χ0) is 10.6. The molecule has 2 N–H and O–H groups in total. The Bertz CT molecular complexity index is 281. The largest absolute Gasteiger partial charge is 0.324 e. The fraction of sp³-hybridized carbons (Fsp3) is 0.583. The molecule has 0 radical (unpaired) electrons. The van der Waals surface area contributed by atoms with Gasteiger partial charge in [-0.05, 0) is 42.9 Å². The molecule has 1 aromatic rings. The van der Waals surface area contributed by atoms with Gasteiger partial charge in [0.05, 0.1) is 0 Å². The van der Waals surface area contributed by atoms with Crippen molar-refractivity contribution in [3.63, 3.8) is 0 Å². The van der Waals surface area contributed by atoms with Gasteiger partial charge in [-0.15, -0.1) is 0 Å².